The first-order valence-corrected chi connectivity index (χ1v) is 15.3. The van der Waals surface area contributed by atoms with E-state index >= 15 is 0 Å². The Morgan fingerprint density at radius 2 is 0.705 bits per heavy atom. The lowest BCUT2D eigenvalue weighted by atomic mass is 9.84. The summed E-state index contributed by atoms with van der Waals surface area (Å²) in [7, 11) is 0. The molecule has 0 radical (unpaired) electrons. The quantitative estimate of drug-likeness (QED) is 0.150. The molecule has 0 aliphatic rings. The van der Waals surface area contributed by atoms with Crippen LogP contribution in [0.5, 0.6) is 0 Å². The number of hydrogen-bond donors (Lipinski definition) is 0. The van der Waals surface area contributed by atoms with Crippen molar-refractivity contribution in [2.24, 2.45) is 0 Å². The molecule has 0 amide bonds. The van der Waals surface area contributed by atoms with Crippen LogP contribution in [-0.4, -0.2) is 0 Å². The average Bonchev–Trinajstić information content (AvgIpc) is 3.10. The third-order valence-electron chi connectivity index (χ3n) is 9.22. The minimum absolute atomic E-state index is 1.23. The predicted molar refractivity (Wildman–Crippen MR) is 190 cm³/mol. The fraction of sp³-hybridized carbons (Fsp3) is 0. The van der Waals surface area contributed by atoms with Crippen LogP contribution >= 0.6 is 0 Å². The van der Waals surface area contributed by atoms with E-state index in [2.05, 4.69) is 170 Å². The zero-order chi connectivity index (χ0) is 29.0. The molecule has 204 valence electrons. The van der Waals surface area contributed by atoms with Crippen molar-refractivity contribution in [2.45, 2.75) is 0 Å². The molecule has 0 saturated carbocycles. The summed E-state index contributed by atoms with van der Waals surface area (Å²) >= 11 is 0. The van der Waals surface area contributed by atoms with Crippen LogP contribution in [0.4, 0.5) is 0 Å². The van der Waals surface area contributed by atoms with Crippen LogP contribution in [-0.2, 0) is 0 Å². The van der Waals surface area contributed by atoms with E-state index in [0.29, 0.717) is 0 Å². The molecule has 44 heavy (non-hydrogen) atoms. The van der Waals surface area contributed by atoms with Gasteiger partial charge in [0.15, 0.2) is 0 Å². The van der Waals surface area contributed by atoms with E-state index < -0.39 is 0 Å². The molecule has 0 heteroatoms. The molecule has 0 bridgehead atoms. The molecule has 0 saturated heterocycles. The topological polar surface area (TPSA) is 0 Å². The highest BCUT2D eigenvalue weighted by molar-refractivity contribution is 6.24. The van der Waals surface area contributed by atoms with Gasteiger partial charge in [0, 0.05) is 0 Å². The van der Waals surface area contributed by atoms with Crippen LogP contribution in [0.15, 0.2) is 170 Å². The fourth-order valence-corrected chi connectivity index (χ4v) is 7.32. The minimum Gasteiger partial charge on any atom is -0.0616 e. The molecule has 0 aliphatic heterocycles. The van der Waals surface area contributed by atoms with Crippen molar-refractivity contribution in [1.82, 2.24) is 0 Å². The summed E-state index contributed by atoms with van der Waals surface area (Å²) in [4.78, 5) is 0. The normalized spacial score (nSPS) is 11.6. The second-order valence-corrected chi connectivity index (χ2v) is 11.6. The van der Waals surface area contributed by atoms with Crippen LogP contribution in [0.25, 0.3) is 87.2 Å². The van der Waals surface area contributed by atoms with Gasteiger partial charge in [-0.05, 0) is 93.3 Å². The molecule has 0 spiro atoms. The summed E-state index contributed by atoms with van der Waals surface area (Å²) in [6, 6.07) is 62.3. The Kier molecular flexibility index (Phi) is 5.61. The Bertz CT molecular complexity index is 2490. The van der Waals surface area contributed by atoms with Crippen molar-refractivity contribution >= 4 is 53.9 Å². The largest absolute Gasteiger partial charge is 0.0616 e. The molecule has 0 nitrogen and oxygen atoms in total. The first kappa shape index (κ1) is 24.8. The average molecular weight is 557 g/mol. The van der Waals surface area contributed by atoms with Gasteiger partial charge in [-0.1, -0.05) is 164 Å². The summed E-state index contributed by atoms with van der Waals surface area (Å²) < 4.78 is 0. The molecule has 9 aromatic carbocycles. The summed E-state index contributed by atoms with van der Waals surface area (Å²) in [5.74, 6) is 0. The Labute approximate surface area is 256 Å². The Morgan fingerprint density at radius 3 is 1.41 bits per heavy atom. The molecule has 0 aliphatic carbocycles. The molecule has 0 atom stereocenters. The van der Waals surface area contributed by atoms with E-state index in [-0.39, 0.29) is 0 Å². The molecule has 0 aromatic heterocycles. The van der Waals surface area contributed by atoms with Crippen molar-refractivity contribution < 1.29 is 0 Å². The third kappa shape index (κ3) is 3.78. The van der Waals surface area contributed by atoms with Gasteiger partial charge in [0.25, 0.3) is 0 Å². The molecule has 0 unspecified atom stereocenters. The molecule has 9 rings (SSSR count). The Morgan fingerprint density at radius 1 is 0.250 bits per heavy atom. The zero-order valence-corrected chi connectivity index (χ0v) is 24.2. The molecular formula is C44H28. The standard InChI is InChI=1S/C44H28/c1-3-18-34-29(12-1)14-10-25-37(34)44-40-22-7-5-20-38(40)43(39-21-6-8-23-41(39)44)33-17-9-16-32(28-33)36-24-11-15-31-27-26-30-13-2-4-19-35(30)42(31)36/h1-28H. The highest BCUT2D eigenvalue weighted by Gasteiger charge is 2.18. The predicted octanol–water partition coefficient (Wildman–Crippen LogP) is 12.5. The third-order valence-corrected chi connectivity index (χ3v) is 9.22. The van der Waals surface area contributed by atoms with Gasteiger partial charge in [-0.2, -0.15) is 0 Å². The van der Waals surface area contributed by atoms with Crippen LogP contribution in [0.2, 0.25) is 0 Å². The smallest absolute Gasteiger partial charge is 0.00201 e. The fourth-order valence-electron chi connectivity index (χ4n) is 7.32. The van der Waals surface area contributed by atoms with Gasteiger partial charge in [0.05, 0.1) is 0 Å². The monoisotopic (exact) mass is 556 g/mol. The lowest BCUT2D eigenvalue weighted by Crippen LogP contribution is -1.92. The van der Waals surface area contributed by atoms with Crippen LogP contribution in [0.1, 0.15) is 0 Å². The number of hydrogen-bond acceptors (Lipinski definition) is 0. The second-order valence-electron chi connectivity index (χ2n) is 11.6. The summed E-state index contributed by atoms with van der Waals surface area (Å²) in [6.45, 7) is 0. The summed E-state index contributed by atoms with van der Waals surface area (Å²) in [6.07, 6.45) is 0. The highest BCUT2D eigenvalue weighted by atomic mass is 14.2. The van der Waals surface area contributed by atoms with E-state index in [4.69, 9.17) is 0 Å². The van der Waals surface area contributed by atoms with Gasteiger partial charge in [-0.3, -0.25) is 0 Å². The minimum atomic E-state index is 1.23. The highest BCUT2D eigenvalue weighted by Crippen LogP contribution is 2.46. The lowest BCUT2D eigenvalue weighted by Gasteiger charge is -2.19. The van der Waals surface area contributed by atoms with E-state index in [1.54, 1.807) is 0 Å². The maximum Gasteiger partial charge on any atom is -0.00201 e. The maximum atomic E-state index is 2.39. The van der Waals surface area contributed by atoms with Gasteiger partial charge < -0.3 is 0 Å². The van der Waals surface area contributed by atoms with E-state index in [0.717, 1.165) is 0 Å². The first-order chi connectivity index (χ1) is 21.8. The number of benzene rings is 9. The van der Waals surface area contributed by atoms with Gasteiger partial charge >= 0.3 is 0 Å². The van der Waals surface area contributed by atoms with Crippen molar-refractivity contribution in [1.29, 1.82) is 0 Å². The lowest BCUT2D eigenvalue weighted by molar-refractivity contribution is 1.64. The van der Waals surface area contributed by atoms with Crippen LogP contribution < -0.4 is 0 Å². The van der Waals surface area contributed by atoms with E-state index in [1.807, 2.05) is 0 Å². The second kappa shape index (κ2) is 9.93. The summed E-state index contributed by atoms with van der Waals surface area (Å²) in [5.41, 5.74) is 7.59. The van der Waals surface area contributed by atoms with Crippen molar-refractivity contribution in [3.05, 3.63) is 170 Å². The number of fused-ring (bicyclic) bond motifs is 6. The van der Waals surface area contributed by atoms with Crippen molar-refractivity contribution in [3.8, 4) is 33.4 Å². The van der Waals surface area contributed by atoms with Crippen molar-refractivity contribution in [3.63, 3.8) is 0 Å². The van der Waals surface area contributed by atoms with E-state index in [9.17, 15) is 0 Å². The maximum absolute atomic E-state index is 2.39. The molecular weight excluding hydrogens is 528 g/mol. The molecule has 0 fully saturated rings. The Hall–Kier alpha value is -5.72. The van der Waals surface area contributed by atoms with Gasteiger partial charge in [-0.15, -0.1) is 0 Å². The van der Waals surface area contributed by atoms with Crippen molar-refractivity contribution in [2.75, 3.05) is 0 Å². The molecule has 0 N–H and O–H groups in total. The summed E-state index contributed by atoms with van der Waals surface area (Å²) in [5, 5.41) is 12.8. The zero-order valence-electron chi connectivity index (χ0n) is 24.2. The van der Waals surface area contributed by atoms with Crippen LogP contribution in [0, 0.1) is 0 Å². The molecule has 0 heterocycles. The van der Waals surface area contributed by atoms with Gasteiger partial charge in [0.2, 0.25) is 0 Å². The van der Waals surface area contributed by atoms with Gasteiger partial charge in [-0.25, -0.2) is 0 Å². The molecule has 9 aromatic rings. The van der Waals surface area contributed by atoms with Crippen LogP contribution in [0.3, 0.4) is 0 Å². The SMILES string of the molecule is c1cc(-c2c3ccccc3c(-c3cccc4ccccc34)c3ccccc23)cc(-c2cccc3ccc4ccccc4c23)c1. The van der Waals surface area contributed by atoms with Gasteiger partial charge in [0.1, 0.15) is 0 Å². The Balaban J connectivity index is 1.35. The number of rotatable bonds is 3. The van der Waals surface area contributed by atoms with E-state index in [1.165, 1.54) is 87.2 Å². The first-order valence-electron chi connectivity index (χ1n) is 15.3.